The molecule has 0 saturated heterocycles. The Hall–Kier alpha value is -1.45. The van der Waals surface area contributed by atoms with E-state index < -0.39 is 0 Å². The number of aromatic nitrogens is 1. The van der Waals surface area contributed by atoms with Crippen LogP contribution in [0.1, 0.15) is 19.4 Å². The summed E-state index contributed by atoms with van der Waals surface area (Å²) in [6.07, 6.45) is 0. The van der Waals surface area contributed by atoms with Gasteiger partial charge >= 0.3 is 0 Å². The van der Waals surface area contributed by atoms with Crippen LogP contribution in [0.2, 0.25) is 10.0 Å². The van der Waals surface area contributed by atoms with Crippen molar-refractivity contribution in [2.75, 3.05) is 17.3 Å². The monoisotopic (exact) mass is 323 g/mol. The van der Waals surface area contributed by atoms with Crippen molar-refractivity contribution in [2.45, 2.75) is 26.4 Å². The highest BCUT2D eigenvalue weighted by molar-refractivity contribution is 6.37. The number of rotatable bonds is 5. The number of halogens is 2. The van der Waals surface area contributed by atoms with Gasteiger partial charge in [-0.25, -0.2) is 4.98 Å². The number of nitrogens with zero attached hydrogens (tertiary/aromatic N) is 2. The van der Waals surface area contributed by atoms with Crippen molar-refractivity contribution < 1.29 is 0 Å². The standard InChI is InChI=1S/C16H19Cl2N3/c1-11(2)21(10-12-7-5-4-6-8-12)16-14(18)9-13(17)15(19-3)20-16/h4-9,11H,10H2,1-3H3,(H,19,20). The summed E-state index contributed by atoms with van der Waals surface area (Å²) < 4.78 is 0. The van der Waals surface area contributed by atoms with E-state index in [2.05, 4.69) is 41.2 Å². The molecule has 0 atom stereocenters. The zero-order valence-electron chi connectivity index (χ0n) is 12.4. The Bertz CT molecular complexity index is 600. The predicted octanol–water partition coefficient (Wildman–Crippen LogP) is 4.85. The smallest absolute Gasteiger partial charge is 0.150 e. The number of pyridine rings is 1. The van der Waals surface area contributed by atoms with Crippen molar-refractivity contribution in [3.63, 3.8) is 0 Å². The first-order valence-corrected chi connectivity index (χ1v) is 7.63. The topological polar surface area (TPSA) is 28.2 Å². The Morgan fingerprint density at radius 1 is 1.14 bits per heavy atom. The van der Waals surface area contributed by atoms with Crippen LogP contribution in [0, 0.1) is 0 Å². The highest BCUT2D eigenvalue weighted by atomic mass is 35.5. The van der Waals surface area contributed by atoms with Gasteiger partial charge in [-0.15, -0.1) is 0 Å². The van der Waals surface area contributed by atoms with E-state index in [1.807, 2.05) is 18.2 Å². The Labute approximate surface area is 135 Å². The van der Waals surface area contributed by atoms with Gasteiger partial charge in [-0.1, -0.05) is 53.5 Å². The Morgan fingerprint density at radius 3 is 2.38 bits per heavy atom. The van der Waals surface area contributed by atoms with E-state index in [-0.39, 0.29) is 6.04 Å². The van der Waals surface area contributed by atoms with E-state index in [9.17, 15) is 0 Å². The van der Waals surface area contributed by atoms with Crippen LogP contribution < -0.4 is 10.2 Å². The van der Waals surface area contributed by atoms with Crippen LogP contribution in [0.3, 0.4) is 0 Å². The molecule has 21 heavy (non-hydrogen) atoms. The molecule has 0 saturated carbocycles. The lowest BCUT2D eigenvalue weighted by molar-refractivity contribution is 0.673. The maximum absolute atomic E-state index is 6.35. The predicted molar refractivity (Wildman–Crippen MR) is 91.6 cm³/mol. The highest BCUT2D eigenvalue weighted by Crippen LogP contribution is 2.33. The Kier molecular flexibility index (Phi) is 5.32. The summed E-state index contributed by atoms with van der Waals surface area (Å²) in [5.41, 5.74) is 1.21. The van der Waals surface area contributed by atoms with Crippen LogP contribution in [0.15, 0.2) is 36.4 Å². The van der Waals surface area contributed by atoms with Gasteiger partial charge in [0.05, 0.1) is 10.0 Å². The SMILES string of the molecule is CNc1nc(N(Cc2ccccc2)C(C)C)c(Cl)cc1Cl. The first-order valence-electron chi connectivity index (χ1n) is 6.87. The molecule has 0 radical (unpaired) electrons. The van der Waals surface area contributed by atoms with Gasteiger partial charge in [0.1, 0.15) is 11.6 Å². The van der Waals surface area contributed by atoms with Crippen LogP contribution in [-0.2, 0) is 6.54 Å². The highest BCUT2D eigenvalue weighted by Gasteiger charge is 2.18. The molecule has 112 valence electrons. The molecule has 0 aliphatic rings. The average molecular weight is 324 g/mol. The van der Waals surface area contributed by atoms with Gasteiger partial charge in [0.2, 0.25) is 0 Å². The Morgan fingerprint density at radius 2 is 1.81 bits per heavy atom. The molecule has 1 heterocycles. The molecule has 0 aliphatic carbocycles. The maximum atomic E-state index is 6.35. The maximum Gasteiger partial charge on any atom is 0.150 e. The number of hydrogen-bond donors (Lipinski definition) is 1. The van der Waals surface area contributed by atoms with Crippen molar-refractivity contribution in [3.05, 3.63) is 52.0 Å². The zero-order valence-corrected chi connectivity index (χ0v) is 13.9. The summed E-state index contributed by atoms with van der Waals surface area (Å²) in [7, 11) is 1.79. The summed E-state index contributed by atoms with van der Waals surface area (Å²) in [5.74, 6) is 1.37. The van der Waals surface area contributed by atoms with Crippen molar-refractivity contribution in [1.82, 2.24) is 4.98 Å². The quantitative estimate of drug-likeness (QED) is 0.852. The van der Waals surface area contributed by atoms with Crippen molar-refractivity contribution in [2.24, 2.45) is 0 Å². The fourth-order valence-corrected chi connectivity index (χ4v) is 2.68. The molecule has 0 amide bonds. The second-order valence-electron chi connectivity index (χ2n) is 5.08. The number of anilines is 2. The summed E-state index contributed by atoms with van der Waals surface area (Å²) in [6, 6.07) is 12.3. The average Bonchev–Trinajstić information content (AvgIpc) is 2.46. The van der Waals surface area contributed by atoms with E-state index in [4.69, 9.17) is 23.2 Å². The minimum Gasteiger partial charge on any atom is -0.372 e. The van der Waals surface area contributed by atoms with Crippen LogP contribution in [0.5, 0.6) is 0 Å². The van der Waals surface area contributed by atoms with Crippen molar-refractivity contribution in [3.8, 4) is 0 Å². The first kappa shape index (κ1) is 15.9. The summed E-state index contributed by atoms with van der Waals surface area (Å²) in [5, 5.41) is 4.07. The molecule has 0 bridgehead atoms. The largest absolute Gasteiger partial charge is 0.372 e. The third-order valence-electron chi connectivity index (χ3n) is 3.24. The van der Waals surface area contributed by atoms with E-state index in [0.717, 1.165) is 12.4 Å². The molecular weight excluding hydrogens is 305 g/mol. The third-order valence-corrected chi connectivity index (χ3v) is 3.81. The summed E-state index contributed by atoms with van der Waals surface area (Å²) >= 11 is 12.5. The van der Waals surface area contributed by atoms with Gasteiger partial charge in [-0.3, -0.25) is 0 Å². The molecule has 3 nitrogen and oxygen atoms in total. The van der Waals surface area contributed by atoms with Crippen LogP contribution in [0.4, 0.5) is 11.6 Å². The molecule has 0 fully saturated rings. The molecule has 1 aromatic carbocycles. The number of benzene rings is 1. The molecule has 0 aliphatic heterocycles. The van der Waals surface area contributed by atoms with Gasteiger partial charge < -0.3 is 10.2 Å². The fourth-order valence-electron chi connectivity index (χ4n) is 2.12. The molecule has 0 spiro atoms. The normalized spacial score (nSPS) is 10.8. The van der Waals surface area contributed by atoms with Crippen molar-refractivity contribution >= 4 is 34.8 Å². The van der Waals surface area contributed by atoms with E-state index >= 15 is 0 Å². The second-order valence-corrected chi connectivity index (χ2v) is 5.90. The van der Waals surface area contributed by atoms with Crippen LogP contribution in [0.25, 0.3) is 0 Å². The van der Waals surface area contributed by atoms with Gasteiger partial charge in [-0.2, -0.15) is 0 Å². The summed E-state index contributed by atoms with van der Waals surface area (Å²) in [4.78, 5) is 6.72. The van der Waals surface area contributed by atoms with Crippen molar-refractivity contribution in [1.29, 1.82) is 0 Å². The lowest BCUT2D eigenvalue weighted by atomic mass is 10.2. The molecule has 1 aromatic heterocycles. The van der Waals surface area contributed by atoms with E-state index in [0.29, 0.717) is 15.9 Å². The lowest BCUT2D eigenvalue weighted by Crippen LogP contribution is -2.31. The third kappa shape index (κ3) is 3.80. The van der Waals surface area contributed by atoms with E-state index in [1.54, 1.807) is 13.1 Å². The van der Waals surface area contributed by atoms with Gasteiger partial charge in [-0.05, 0) is 25.5 Å². The van der Waals surface area contributed by atoms with Gasteiger partial charge in [0.15, 0.2) is 0 Å². The molecule has 1 N–H and O–H groups in total. The minimum atomic E-state index is 0.265. The fraction of sp³-hybridized carbons (Fsp3) is 0.312. The molecule has 0 unspecified atom stereocenters. The summed E-state index contributed by atoms with van der Waals surface area (Å²) in [6.45, 7) is 4.99. The lowest BCUT2D eigenvalue weighted by Gasteiger charge is -2.29. The first-order chi connectivity index (χ1) is 10.0. The minimum absolute atomic E-state index is 0.265. The van der Waals surface area contributed by atoms with Crippen LogP contribution >= 0.6 is 23.2 Å². The van der Waals surface area contributed by atoms with E-state index in [1.165, 1.54) is 5.56 Å². The zero-order chi connectivity index (χ0) is 15.4. The Balaban J connectivity index is 2.39. The van der Waals surface area contributed by atoms with Gasteiger partial charge in [0.25, 0.3) is 0 Å². The molecular formula is C16H19Cl2N3. The molecule has 5 heteroatoms. The van der Waals surface area contributed by atoms with Gasteiger partial charge in [0, 0.05) is 19.6 Å². The molecule has 2 rings (SSSR count). The number of hydrogen-bond acceptors (Lipinski definition) is 3. The van der Waals surface area contributed by atoms with Crippen LogP contribution in [-0.4, -0.2) is 18.1 Å². The number of nitrogens with one attached hydrogen (secondary N) is 1. The molecule has 2 aromatic rings. The second kappa shape index (κ2) is 7.01.